The summed E-state index contributed by atoms with van der Waals surface area (Å²) in [6, 6.07) is 3.37. The lowest BCUT2D eigenvalue weighted by Gasteiger charge is -2.08. The Morgan fingerprint density at radius 2 is 2.10 bits per heavy atom. The Kier molecular flexibility index (Phi) is 5.42. The Morgan fingerprint density at radius 3 is 2.60 bits per heavy atom. The van der Waals surface area contributed by atoms with Crippen molar-refractivity contribution in [3.63, 3.8) is 0 Å². The highest BCUT2D eigenvalue weighted by atomic mass is 35.5. The van der Waals surface area contributed by atoms with Gasteiger partial charge < -0.3 is 15.5 Å². The lowest BCUT2D eigenvalue weighted by molar-refractivity contribution is -0.384. The fourth-order valence-corrected chi connectivity index (χ4v) is 1.60. The summed E-state index contributed by atoms with van der Waals surface area (Å²) in [6.07, 6.45) is -1.73. The summed E-state index contributed by atoms with van der Waals surface area (Å²) in [6.45, 7) is -0.0698. The molecule has 0 fully saturated rings. The number of aliphatic hydroxyl groups excluding tert-OH is 1. The predicted octanol–water partition coefficient (Wildman–Crippen LogP) is 0.814. The molecule has 1 aromatic rings. The Labute approximate surface area is 118 Å². The van der Waals surface area contributed by atoms with Gasteiger partial charge in [0.25, 0.3) is 11.6 Å². The number of hydrogen-bond donors (Lipinski definition) is 3. The summed E-state index contributed by atoms with van der Waals surface area (Å²) >= 11 is 5.75. The summed E-state index contributed by atoms with van der Waals surface area (Å²) in [7, 11) is 0. The number of benzene rings is 1. The third kappa shape index (κ3) is 4.18. The maximum absolute atomic E-state index is 11.7. The van der Waals surface area contributed by atoms with Gasteiger partial charge >= 0.3 is 5.97 Å². The molecule has 0 heterocycles. The number of carboxylic acids is 1. The van der Waals surface area contributed by atoms with Crippen molar-refractivity contribution in [3.8, 4) is 0 Å². The maximum Gasteiger partial charge on any atom is 0.332 e. The monoisotopic (exact) mass is 302 g/mol. The van der Waals surface area contributed by atoms with Crippen LogP contribution in [0.15, 0.2) is 18.2 Å². The number of carboxylic acid groups (broad SMARTS) is 1. The van der Waals surface area contributed by atoms with Gasteiger partial charge in [0.1, 0.15) is 0 Å². The number of amides is 1. The molecule has 1 rings (SSSR count). The number of carbonyl (C=O) groups excluding carboxylic acids is 1. The van der Waals surface area contributed by atoms with Crippen LogP contribution in [0.5, 0.6) is 0 Å². The van der Waals surface area contributed by atoms with Crippen LogP contribution in [0.3, 0.4) is 0 Å². The molecule has 0 aromatic heterocycles. The number of nitrogens with zero attached hydrogens (tertiary/aromatic N) is 1. The minimum absolute atomic E-state index is 0.0297. The summed E-state index contributed by atoms with van der Waals surface area (Å²) in [5, 5.41) is 30.2. The fraction of sp³-hybridized carbons (Fsp3) is 0.273. The smallest absolute Gasteiger partial charge is 0.332 e. The van der Waals surface area contributed by atoms with E-state index in [1.54, 1.807) is 0 Å². The van der Waals surface area contributed by atoms with Crippen molar-refractivity contribution in [2.75, 3.05) is 6.54 Å². The standard InChI is InChI=1S/C11H11ClN2O6/c12-8-5-6(14(19)20)1-2-7(8)10(16)13-4-3-9(15)11(17)18/h1-2,5,9,15H,3-4H2,(H,13,16)(H,17,18)/t9-/m0/s1. The molecule has 108 valence electrons. The normalized spacial score (nSPS) is 11.7. The van der Waals surface area contributed by atoms with E-state index in [-0.39, 0.29) is 29.2 Å². The minimum Gasteiger partial charge on any atom is -0.479 e. The number of rotatable bonds is 6. The molecule has 8 nitrogen and oxygen atoms in total. The number of nitrogens with one attached hydrogen (secondary N) is 1. The Bertz CT molecular complexity index is 548. The van der Waals surface area contributed by atoms with Crippen LogP contribution in [0.25, 0.3) is 0 Å². The van der Waals surface area contributed by atoms with Gasteiger partial charge in [0.05, 0.1) is 15.5 Å². The summed E-state index contributed by atoms with van der Waals surface area (Å²) in [4.78, 5) is 31.9. The lowest BCUT2D eigenvalue weighted by atomic mass is 10.2. The molecular weight excluding hydrogens is 292 g/mol. The largest absolute Gasteiger partial charge is 0.479 e. The molecule has 1 aromatic carbocycles. The van der Waals surface area contributed by atoms with Crippen LogP contribution in [0.2, 0.25) is 5.02 Å². The Morgan fingerprint density at radius 1 is 1.45 bits per heavy atom. The number of nitro benzene ring substituents is 1. The first-order chi connectivity index (χ1) is 9.32. The van der Waals surface area contributed by atoms with Gasteiger partial charge in [-0.3, -0.25) is 14.9 Å². The SMILES string of the molecule is O=C(NCC[C@H](O)C(=O)O)c1ccc([N+](=O)[O-])cc1Cl. The first kappa shape index (κ1) is 15.9. The van der Waals surface area contributed by atoms with E-state index < -0.39 is 22.9 Å². The van der Waals surface area contributed by atoms with Gasteiger partial charge in [-0.1, -0.05) is 11.6 Å². The Balaban J connectivity index is 2.64. The molecule has 9 heteroatoms. The van der Waals surface area contributed by atoms with Gasteiger partial charge in [0.15, 0.2) is 6.10 Å². The van der Waals surface area contributed by atoms with E-state index in [1.165, 1.54) is 6.07 Å². The van der Waals surface area contributed by atoms with E-state index >= 15 is 0 Å². The van der Waals surface area contributed by atoms with E-state index in [2.05, 4.69) is 5.32 Å². The zero-order chi connectivity index (χ0) is 15.3. The quantitative estimate of drug-likeness (QED) is 0.526. The van der Waals surface area contributed by atoms with Crippen LogP contribution >= 0.6 is 11.6 Å². The molecule has 0 radical (unpaired) electrons. The summed E-state index contributed by atoms with van der Waals surface area (Å²) in [5.41, 5.74) is -0.213. The molecule has 0 spiro atoms. The molecule has 0 aliphatic rings. The lowest BCUT2D eigenvalue weighted by Crippen LogP contribution is -2.30. The van der Waals surface area contributed by atoms with Crippen molar-refractivity contribution < 1.29 is 24.7 Å². The second-order valence-corrected chi connectivity index (χ2v) is 4.23. The molecule has 0 aliphatic carbocycles. The highest BCUT2D eigenvalue weighted by Crippen LogP contribution is 2.22. The van der Waals surface area contributed by atoms with Crippen molar-refractivity contribution in [2.45, 2.75) is 12.5 Å². The number of hydrogen-bond acceptors (Lipinski definition) is 5. The number of aliphatic hydroxyl groups is 1. The van der Waals surface area contributed by atoms with Crippen LogP contribution in [0, 0.1) is 10.1 Å². The molecule has 0 saturated heterocycles. The molecule has 20 heavy (non-hydrogen) atoms. The van der Waals surface area contributed by atoms with Crippen molar-refractivity contribution in [3.05, 3.63) is 38.9 Å². The topological polar surface area (TPSA) is 130 Å². The van der Waals surface area contributed by atoms with E-state index in [0.717, 1.165) is 12.1 Å². The number of non-ortho nitro benzene ring substituents is 1. The van der Waals surface area contributed by atoms with Crippen molar-refractivity contribution in [2.24, 2.45) is 0 Å². The van der Waals surface area contributed by atoms with Crippen LogP contribution in [-0.4, -0.2) is 39.7 Å². The first-order valence-corrected chi connectivity index (χ1v) is 5.83. The molecule has 1 atom stereocenters. The van der Waals surface area contributed by atoms with Crippen molar-refractivity contribution in [1.82, 2.24) is 5.32 Å². The highest BCUT2D eigenvalue weighted by Gasteiger charge is 2.16. The molecule has 0 aliphatic heterocycles. The average Bonchev–Trinajstić information content (AvgIpc) is 2.37. The minimum atomic E-state index is -1.57. The third-order valence-electron chi connectivity index (χ3n) is 2.40. The Hall–Kier alpha value is -2.19. The number of halogens is 1. The summed E-state index contributed by atoms with van der Waals surface area (Å²) in [5.74, 6) is -1.99. The predicted molar refractivity (Wildman–Crippen MR) is 68.7 cm³/mol. The van der Waals surface area contributed by atoms with Crippen molar-refractivity contribution >= 4 is 29.2 Å². The van der Waals surface area contributed by atoms with Gasteiger partial charge in [-0.15, -0.1) is 0 Å². The molecular formula is C11H11ClN2O6. The molecule has 0 saturated carbocycles. The molecule has 0 unspecified atom stereocenters. The van der Waals surface area contributed by atoms with Gasteiger partial charge in [-0.2, -0.15) is 0 Å². The van der Waals surface area contributed by atoms with E-state index in [9.17, 15) is 19.7 Å². The second-order valence-electron chi connectivity index (χ2n) is 3.82. The highest BCUT2D eigenvalue weighted by molar-refractivity contribution is 6.34. The zero-order valence-electron chi connectivity index (χ0n) is 10.1. The number of carbonyl (C=O) groups is 2. The summed E-state index contributed by atoms with van der Waals surface area (Å²) < 4.78 is 0. The number of nitro groups is 1. The number of aliphatic carboxylic acids is 1. The van der Waals surface area contributed by atoms with Crippen LogP contribution in [0.4, 0.5) is 5.69 Å². The second kappa shape index (κ2) is 6.83. The molecule has 3 N–H and O–H groups in total. The first-order valence-electron chi connectivity index (χ1n) is 5.46. The van der Waals surface area contributed by atoms with Crippen LogP contribution < -0.4 is 5.32 Å². The van der Waals surface area contributed by atoms with Gasteiger partial charge in [0, 0.05) is 25.1 Å². The van der Waals surface area contributed by atoms with Crippen LogP contribution in [0.1, 0.15) is 16.8 Å². The fourth-order valence-electron chi connectivity index (χ4n) is 1.34. The van der Waals surface area contributed by atoms with Gasteiger partial charge in [-0.25, -0.2) is 4.79 Å². The van der Waals surface area contributed by atoms with Gasteiger partial charge in [-0.05, 0) is 6.07 Å². The van der Waals surface area contributed by atoms with Gasteiger partial charge in [0.2, 0.25) is 0 Å². The van der Waals surface area contributed by atoms with E-state index in [4.69, 9.17) is 21.8 Å². The molecule has 0 bridgehead atoms. The average molecular weight is 303 g/mol. The van der Waals surface area contributed by atoms with E-state index in [1.807, 2.05) is 0 Å². The molecule has 1 amide bonds. The zero-order valence-corrected chi connectivity index (χ0v) is 10.8. The third-order valence-corrected chi connectivity index (χ3v) is 2.71. The van der Waals surface area contributed by atoms with E-state index in [0.29, 0.717) is 0 Å². The maximum atomic E-state index is 11.7. The van der Waals surface area contributed by atoms with Crippen LogP contribution in [-0.2, 0) is 4.79 Å². The van der Waals surface area contributed by atoms with Crippen molar-refractivity contribution in [1.29, 1.82) is 0 Å².